The zero-order valence-corrected chi connectivity index (χ0v) is 9.07. The number of nitrogens with two attached hydrogens (primary N) is 1. The highest BCUT2D eigenvalue weighted by Gasteiger charge is 2.26. The number of rotatable bonds is 2. The zero-order valence-electron chi connectivity index (χ0n) is 8.32. The minimum atomic E-state index is -0.0170. The third kappa shape index (κ3) is 2.49. The van der Waals surface area contributed by atoms with Gasteiger partial charge in [0.25, 0.3) is 0 Å². The lowest BCUT2D eigenvalue weighted by Gasteiger charge is -2.15. The van der Waals surface area contributed by atoms with Crippen molar-refractivity contribution >= 4 is 17.5 Å². The van der Waals surface area contributed by atoms with Crippen molar-refractivity contribution in [1.29, 1.82) is 0 Å². The highest BCUT2D eigenvalue weighted by Crippen LogP contribution is 2.16. The molecule has 1 aromatic carbocycles. The standard InChI is InChI=1S/C11H13ClN2O/c12-9-3-1-2-8(4-9)6-14-7-10(13)5-11(14)15/h1-4,10H,5-7,13H2. The zero-order chi connectivity index (χ0) is 10.8. The van der Waals surface area contributed by atoms with Crippen LogP contribution in [0, 0.1) is 0 Å². The van der Waals surface area contributed by atoms with Gasteiger partial charge in [-0.05, 0) is 17.7 Å². The van der Waals surface area contributed by atoms with Gasteiger partial charge in [-0.25, -0.2) is 0 Å². The summed E-state index contributed by atoms with van der Waals surface area (Å²) in [7, 11) is 0. The van der Waals surface area contributed by atoms with Crippen molar-refractivity contribution < 1.29 is 4.79 Å². The summed E-state index contributed by atoms with van der Waals surface area (Å²) in [6.07, 6.45) is 0.459. The summed E-state index contributed by atoms with van der Waals surface area (Å²) < 4.78 is 0. The molecule has 1 atom stereocenters. The van der Waals surface area contributed by atoms with Crippen LogP contribution in [0.3, 0.4) is 0 Å². The molecule has 1 saturated heterocycles. The van der Waals surface area contributed by atoms with Gasteiger partial charge in [0, 0.05) is 30.6 Å². The van der Waals surface area contributed by atoms with E-state index in [0.717, 1.165) is 5.56 Å². The van der Waals surface area contributed by atoms with Gasteiger partial charge in [-0.3, -0.25) is 4.79 Å². The number of amides is 1. The van der Waals surface area contributed by atoms with E-state index in [-0.39, 0.29) is 11.9 Å². The van der Waals surface area contributed by atoms with Crippen LogP contribution in [0.5, 0.6) is 0 Å². The molecule has 3 nitrogen and oxygen atoms in total. The van der Waals surface area contributed by atoms with Crippen LogP contribution in [-0.2, 0) is 11.3 Å². The van der Waals surface area contributed by atoms with E-state index in [1.807, 2.05) is 24.3 Å². The molecule has 1 aliphatic rings. The summed E-state index contributed by atoms with van der Waals surface area (Å²) >= 11 is 5.87. The predicted molar refractivity (Wildman–Crippen MR) is 59.5 cm³/mol. The van der Waals surface area contributed by atoms with E-state index in [0.29, 0.717) is 24.5 Å². The van der Waals surface area contributed by atoms with Gasteiger partial charge in [-0.2, -0.15) is 0 Å². The van der Waals surface area contributed by atoms with Crippen LogP contribution < -0.4 is 5.73 Å². The molecule has 1 fully saturated rings. The van der Waals surface area contributed by atoms with Crippen LogP contribution in [0.1, 0.15) is 12.0 Å². The van der Waals surface area contributed by atoms with Gasteiger partial charge in [0.2, 0.25) is 5.91 Å². The Morgan fingerprint density at radius 3 is 2.93 bits per heavy atom. The van der Waals surface area contributed by atoms with Crippen molar-refractivity contribution in [1.82, 2.24) is 4.90 Å². The first-order valence-electron chi connectivity index (χ1n) is 4.93. The van der Waals surface area contributed by atoms with E-state index < -0.39 is 0 Å². The second-order valence-electron chi connectivity index (χ2n) is 3.87. The number of halogens is 1. The Labute approximate surface area is 93.8 Å². The summed E-state index contributed by atoms with van der Waals surface area (Å²) in [5.74, 6) is 0.127. The Hall–Kier alpha value is -1.06. The van der Waals surface area contributed by atoms with Gasteiger partial charge in [-0.15, -0.1) is 0 Å². The molecule has 0 spiro atoms. The Balaban J connectivity index is 2.06. The normalized spacial score (nSPS) is 21.1. The van der Waals surface area contributed by atoms with Crippen LogP contribution >= 0.6 is 11.6 Å². The lowest BCUT2D eigenvalue weighted by molar-refractivity contribution is -0.128. The number of benzene rings is 1. The number of nitrogens with zero attached hydrogens (tertiary/aromatic N) is 1. The molecule has 0 aromatic heterocycles. The summed E-state index contributed by atoms with van der Waals surface area (Å²) in [6, 6.07) is 7.53. The molecule has 1 amide bonds. The Kier molecular flexibility index (Phi) is 2.93. The second kappa shape index (κ2) is 4.21. The average Bonchev–Trinajstić information content (AvgIpc) is 2.45. The largest absolute Gasteiger partial charge is 0.337 e. The number of hydrogen-bond donors (Lipinski definition) is 1. The van der Waals surface area contributed by atoms with E-state index >= 15 is 0 Å². The molecule has 80 valence electrons. The quantitative estimate of drug-likeness (QED) is 0.826. The van der Waals surface area contributed by atoms with Crippen molar-refractivity contribution in [3.63, 3.8) is 0 Å². The fraction of sp³-hybridized carbons (Fsp3) is 0.364. The van der Waals surface area contributed by atoms with Crippen LogP contribution in [0.2, 0.25) is 5.02 Å². The molecule has 15 heavy (non-hydrogen) atoms. The summed E-state index contributed by atoms with van der Waals surface area (Å²) in [5, 5.41) is 0.698. The second-order valence-corrected chi connectivity index (χ2v) is 4.30. The van der Waals surface area contributed by atoms with Crippen molar-refractivity contribution in [2.45, 2.75) is 19.0 Å². The molecule has 2 N–H and O–H groups in total. The maximum atomic E-state index is 11.5. The maximum Gasteiger partial charge on any atom is 0.224 e. The molecule has 2 rings (SSSR count). The lowest BCUT2D eigenvalue weighted by Crippen LogP contribution is -2.27. The van der Waals surface area contributed by atoms with Gasteiger partial charge in [0.05, 0.1) is 0 Å². The summed E-state index contributed by atoms with van der Waals surface area (Å²) in [6.45, 7) is 1.25. The predicted octanol–water partition coefficient (Wildman–Crippen LogP) is 1.40. The van der Waals surface area contributed by atoms with Gasteiger partial charge in [0.15, 0.2) is 0 Å². The first-order valence-corrected chi connectivity index (χ1v) is 5.31. The minimum absolute atomic E-state index is 0.0170. The van der Waals surface area contributed by atoms with E-state index in [2.05, 4.69) is 0 Å². The van der Waals surface area contributed by atoms with Crippen molar-refractivity contribution in [3.05, 3.63) is 34.9 Å². The molecule has 4 heteroatoms. The maximum absolute atomic E-state index is 11.5. The fourth-order valence-corrected chi connectivity index (χ4v) is 2.02. The smallest absolute Gasteiger partial charge is 0.224 e. The van der Waals surface area contributed by atoms with E-state index in [1.165, 1.54) is 0 Å². The molecule has 0 saturated carbocycles. The highest BCUT2D eigenvalue weighted by molar-refractivity contribution is 6.30. The van der Waals surface area contributed by atoms with Gasteiger partial charge < -0.3 is 10.6 Å². The topological polar surface area (TPSA) is 46.3 Å². The minimum Gasteiger partial charge on any atom is -0.337 e. The first-order chi connectivity index (χ1) is 7.15. The Morgan fingerprint density at radius 2 is 2.33 bits per heavy atom. The summed E-state index contributed by atoms with van der Waals surface area (Å²) in [4.78, 5) is 13.3. The molecular weight excluding hydrogens is 212 g/mol. The van der Waals surface area contributed by atoms with E-state index in [1.54, 1.807) is 4.90 Å². The molecule has 0 aliphatic carbocycles. The monoisotopic (exact) mass is 224 g/mol. The van der Waals surface area contributed by atoms with Crippen molar-refractivity contribution in [2.24, 2.45) is 5.73 Å². The number of likely N-dealkylation sites (tertiary alicyclic amines) is 1. The third-order valence-electron chi connectivity index (χ3n) is 2.51. The Morgan fingerprint density at radius 1 is 1.53 bits per heavy atom. The fourth-order valence-electron chi connectivity index (χ4n) is 1.81. The molecule has 1 heterocycles. The summed E-state index contributed by atoms with van der Waals surface area (Å²) in [5.41, 5.74) is 6.76. The van der Waals surface area contributed by atoms with Crippen LogP contribution in [0.15, 0.2) is 24.3 Å². The van der Waals surface area contributed by atoms with Crippen LogP contribution in [0.25, 0.3) is 0 Å². The molecule has 0 radical (unpaired) electrons. The first kappa shape index (κ1) is 10.5. The number of hydrogen-bond acceptors (Lipinski definition) is 2. The average molecular weight is 225 g/mol. The van der Waals surface area contributed by atoms with Crippen LogP contribution in [-0.4, -0.2) is 23.4 Å². The lowest BCUT2D eigenvalue weighted by atomic mass is 10.2. The van der Waals surface area contributed by atoms with Gasteiger partial charge in [0.1, 0.15) is 0 Å². The van der Waals surface area contributed by atoms with Crippen molar-refractivity contribution in [3.8, 4) is 0 Å². The third-order valence-corrected chi connectivity index (χ3v) is 2.74. The molecular formula is C11H13ClN2O. The molecule has 0 bridgehead atoms. The van der Waals surface area contributed by atoms with Gasteiger partial charge >= 0.3 is 0 Å². The number of carbonyl (C=O) groups is 1. The van der Waals surface area contributed by atoms with Crippen molar-refractivity contribution in [2.75, 3.05) is 6.54 Å². The van der Waals surface area contributed by atoms with Crippen LogP contribution in [0.4, 0.5) is 0 Å². The molecule has 1 unspecified atom stereocenters. The Bertz CT molecular complexity index is 381. The number of carbonyl (C=O) groups excluding carboxylic acids is 1. The van der Waals surface area contributed by atoms with E-state index in [4.69, 9.17) is 17.3 Å². The SMILES string of the molecule is NC1CC(=O)N(Cc2cccc(Cl)c2)C1. The highest BCUT2D eigenvalue weighted by atomic mass is 35.5. The van der Waals surface area contributed by atoms with E-state index in [9.17, 15) is 4.79 Å². The van der Waals surface area contributed by atoms with Gasteiger partial charge in [-0.1, -0.05) is 23.7 Å². The molecule has 1 aromatic rings. The molecule has 1 aliphatic heterocycles.